The lowest BCUT2D eigenvalue weighted by Crippen LogP contribution is -2.36. The number of nitrogens with zero attached hydrogens (tertiary/aromatic N) is 1. The number of carbonyl (C=O) groups is 2. The molecule has 0 saturated carbocycles. The lowest BCUT2D eigenvalue weighted by atomic mass is 10.1. The van der Waals surface area contributed by atoms with Crippen molar-refractivity contribution in [2.75, 3.05) is 13.1 Å². The Kier molecular flexibility index (Phi) is 3.92. The SMILES string of the molecule is CC(C)(C)OC(=O)N1CC[C@H](Oc2ccc3c(c2)COC3=O)C1. The number of rotatable bonds is 2. The smallest absolute Gasteiger partial charge is 0.410 e. The van der Waals surface area contributed by atoms with Gasteiger partial charge in [-0.2, -0.15) is 0 Å². The van der Waals surface area contributed by atoms with E-state index < -0.39 is 5.60 Å². The molecule has 1 fully saturated rings. The quantitative estimate of drug-likeness (QED) is 0.784. The predicted octanol–water partition coefficient (Wildman–Crippen LogP) is 2.75. The zero-order chi connectivity index (χ0) is 16.6. The van der Waals surface area contributed by atoms with E-state index in [0.717, 1.165) is 12.0 Å². The van der Waals surface area contributed by atoms with Gasteiger partial charge in [-0.15, -0.1) is 0 Å². The number of fused-ring (bicyclic) bond motifs is 1. The first-order valence-corrected chi connectivity index (χ1v) is 7.76. The third-order valence-electron chi connectivity index (χ3n) is 3.75. The number of cyclic esters (lactones) is 1. The molecule has 2 aliphatic rings. The summed E-state index contributed by atoms with van der Waals surface area (Å²) in [6, 6.07) is 5.32. The van der Waals surface area contributed by atoms with Crippen molar-refractivity contribution in [1.82, 2.24) is 4.90 Å². The Balaban J connectivity index is 1.58. The monoisotopic (exact) mass is 319 g/mol. The fourth-order valence-corrected chi connectivity index (χ4v) is 2.69. The van der Waals surface area contributed by atoms with Gasteiger partial charge in [0, 0.05) is 18.5 Å². The minimum Gasteiger partial charge on any atom is -0.489 e. The van der Waals surface area contributed by atoms with E-state index >= 15 is 0 Å². The van der Waals surface area contributed by atoms with Gasteiger partial charge in [0.05, 0.1) is 12.1 Å². The highest BCUT2D eigenvalue weighted by atomic mass is 16.6. The summed E-state index contributed by atoms with van der Waals surface area (Å²) in [7, 11) is 0. The zero-order valence-electron chi connectivity index (χ0n) is 13.6. The molecular weight excluding hydrogens is 298 g/mol. The van der Waals surface area contributed by atoms with Crippen LogP contribution >= 0.6 is 0 Å². The molecule has 0 spiro atoms. The van der Waals surface area contributed by atoms with Gasteiger partial charge in [-0.25, -0.2) is 9.59 Å². The Morgan fingerprint density at radius 3 is 2.87 bits per heavy atom. The molecular formula is C17H21NO5. The summed E-state index contributed by atoms with van der Waals surface area (Å²) < 4.78 is 16.3. The van der Waals surface area contributed by atoms with Gasteiger partial charge in [-0.1, -0.05) is 0 Å². The van der Waals surface area contributed by atoms with Crippen LogP contribution in [0, 0.1) is 0 Å². The summed E-state index contributed by atoms with van der Waals surface area (Å²) >= 11 is 0. The van der Waals surface area contributed by atoms with E-state index in [0.29, 0.717) is 31.0 Å². The van der Waals surface area contributed by atoms with Crippen molar-refractivity contribution in [1.29, 1.82) is 0 Å². The van der Waals surface area contributed by atoms with Gasteiger partial charge in [0.15, 0.2) is 0 Å². The Morgan fingerprint density at radius 2 is 2.13 bits per heavy atom. The van der Waals surface area contributed by atoms with Crippen LogP contribution in [-0.2, 0) is 16.1 Å². The minimum atomic E-state index is -0.497. The van der Waals surface area contributed by atoms with Crippen molar-refractivity contribution >= 4 is 12.1 Å². The van der Waals surface area contributed by atoms with Crippen LogP contribution in [0.5, 0.6) is 5.75 Å². The lowest BCUT2D eigenvalue weighted by molar-refractivity contribution is 0.0275. The Labute approximate surface area is 135 Å². The standard InChI is InChI=1S/C17H21NO5/c1-17(2,3)23-16(20)18-7-6-13(9-18)22-12-4-5-14-11(8-12)10-21-15(14)19/h4-5,8,13H,6-7,9-10H2,1-3H3/t13-/m0/s1. The first-order chi connectivity index (χ1) is 10.8. The highest BCUT2D eigenvalue weighted by molar-refractivity contribution is 5.93. The molecule has 2 heterocycles. The fraction of sp³-hybridized carbons (Fsp3) is 0.529. The number of hydrogen-bond acceptors (Lipinski definition) is 5. The van der Waals surface area contributed by atoms with Crippen LogP contribution in [0.2, 0.25) is 0 Å². The number of ether oxygens (including phenoxy) is 3. The molecule has 1 saturated heterocycles. The number of amides is 1. The van der Waals surface area contributed by atoms with Crippen molar-refractivity contribution in [2.45, 2.75) is 45.5 Å². The summed E-state index contributed by atoms with van der Waals surface area (Å²) in [5, 5.41) is 0. The van der Waals surface area contributed by atoms with Crippen molar-refractivity contribution < 1.29 is 23.8 Å². The van der Waals surface area contributed by atoms with Crippen LogP contribution in [-0.4, -0.2) is 41.8 Å². The Morgan fingerprint density at radius 1 is 1.35 bits per heavy atom. The van der Waals surface area contributed by atoms with Crippen molar-refractivity contribution in [3.63, 3.8) is 0 Å². The molecule has 0 aromatic heterocycles. The van der Waals surface area contributed by atoms with Crippen LogP contribution in [0.15, 0.2) is 18.2 Å². The largest absolute Gasteiger partial charge is 0.489 e. The van der Waals surface area contributed by atoms with Crippen LogP contribution in [0.1, 0.15) is 43.1 Å². The first kappa shape index (κ1) is 15.6. The molecule has 1 aromatic rings. The summed E-state index contributed by atoms with van der Waals surface area (Å²) in [5.74, 6) is 0.404. The summed E-state index contributed by atoms with van der Waals surface area (Å²) in [5.41, 5.74) is 0.941. The zero-order valence-corrected chi connectivity index (χ0v) is 13.6. The molecule has 0 N–H and O–H groups in total. The molecule has 3 rings (SSSR count). The Hall–Kier alpha value is -2.24. The maximum absolute atomic E-state index is 12.0. The van der Waals surface area contributed by atoms with E-state index in [9.17, 15) is 9.59 Å². The van der Waals surface area contributed by atoms with Gasteiger partial charge < -0.3 is 19.1 Å². The normalized spacial score (nSPS) is 20.2. The molecule has 0 bridgehead atoms. The average Bonchev–Trinajstić information content (AvgIpc) is 3.05. The molecule has 6 heteroatoms. The molecule has 1 amide bonds. The molecule has 23 heavy (non-hydrogen) atoms. The van der Waals surface area contributed by atoms with Gasteiger partial charge in [-0.05, 0) is 39.0 Å². The molecule has 0 unspecified atom stereocenters. The summed E-state index contributed by atoms with van der Waals surface area (Å²) in [6.45, 7) is 6.96. The second-order valence-corrected chi connectivity index (χ2v) is 6.85. The number of likely N-dealkylation sites (tertiary alicyclic amines) is 1. The van der Waals surface area contributed by atoms with Gasteiger partial charge >= 0.3 is 12.1 Å². The van der Waals surface area contributed by atoms with Crippen LogP contribution in [0.3, 0.4) is 0 Å². The second kappa shape index (κ2) is 5.76. The summed E-state index contributed by atoms with van der Waals surface area (Å²) in [6.07, 6.45) is 0.376. The second-order valence-electron chi connectivity index (χ2n) is 6.85. The summed E-state index contributed by atoms with van der Waals surface area (Å²) in [4.78, 5) is 25.1. The topological polar surface area (TPSA) is 65.1 Å². The predicted molar refractivity (Wildman–Crippen MR) is 82.4 cm³/mol. The van der Waals surface area contributed by atoms with Gasteiger partial charge in [0.1, 0.15) is 24.1 Å². The Bertz CT molecular complexity index is 634. The number of hydrogen-bond donors (Lipinski definition) is 0. The van der Waals surface area contributed by atoms with Crippen LogP contribution in [0.4, 0.5) is 4.79 Å². The highest BCUT2D eigenvalue weighted by Gasteiger charge is 2.31. The van der Waals surface area contributed by atoms with Gasteiger partial charge in [-0.3, -0.25) is 0 Å². The third kappa shape index (κ3) is 3.57. The maximum atomic E-state index is 12.0. The molecule has 2 aliphatic heterocycles. The van der Waals surface area contributed by atoms with Crippen LogP contribution < -0.4 is 4.74 Å². The molecule has 1 aromatic carbocycles. The first-order valence-electron chi connectivity index (χ1n) is 7.76. The fourth-order valence-electron chi connectivity index (χ4n) is 2.69. The maximum Gasteiger partial charge on any atom is 0.410 e. The molecule has 0 radical (unpaired) electrons. The number of carbonyl (C=O) groups excluding carboxylic acids is 2. The van der Waals surface area contributed by atoms with E-state index in [1.807, 2.05) is 26.8 Å². The highest BCUT2D eigenvalue weighted by Crippen LogP contribution is 2.26. The van der Waals surface area contributed by atoms with Gasteiger partial charge in [0.25, 0.3) is 0 Å². The van der Waals surface area contributed by atoms with E-state index in [-0.39, 0.29) is 18.2 Å². The van der Waals surface area contributed by atoms with Crippen LogP contribution in [0.25, 0.3) is 0 Å². The average molecular weight is 319 g/mol. The molecule has 1 atom stereocenters. The van der Waals surface area contributed by atoms with E-state index in [1.165, 1.54) is 0 Å². The number of benzene rings is 1. The lowest BCUT2D eigenvalue weighted by Gasteiger charge is -2.24. The molecule has 124 valence electrons. The number of esters is 1. The van der Waals surface area contributed by atoms with Crippen molar-refractivity contribution in [3.05, 3.63) is 29.3 Å². The minimum absolute atomic E-state index is 0.0707. The molecule has 6 nitrogen and oxygen atoms in total. The third-order valence-corrected chi connectivity index (χ3v) is 3.75. The molecule has 0 aliphatic carbocycles. The van der Waals surface area contributed by atoms with E-state index in [2.05, 4.69) is 0 Å². The van der Waals surface area contributed by atoms with Crippen molar-refractivity contribution in [3.8, 4) is 5.75 Å². The van der Waals surface area contributed by atoms with Gasteiger partial charge in [0.2, 0.25) is 0 Å². The van der Waals surface area contributed by atoms with E-state index in [4.69, 9.17) is 14.2 Å². The van der Waals surface area contributed by atoms with E-state index in [1.54, 1.807) is 17.0 Å². The van der Waals surface area contributed by atoms with Crippen molar-refractivity contribution in [2.24, 2.45) is 0 Å².